The minimum atomic E-state index is -0.877. The first-order chi connectivity index (χ1) is 14.4. The van der Waals surface area contributed by atoms with Crippen LogP contribution in [0.2, 0.25) is 0 Å². The summed E-state index contributed by atoms with van der Waals surface area (Å²) < 4.78 is 71.8. The van der Waals surface area contributed by atoms with Gasteiger partial charge in [-0.1, -0.05) is 6.07 Å². The predicted molar refractivity (Wildman–Crippen MR) is 114 cm³/mol. The number of anilines is 1. The van der Waals surface area contributed by atoms with Gasteiger partial charge in [0.15, 0.2) is 11.5 Å². The predicted octanol–water partition coefficient (Wildman–Crippen LogP) is 7.94. The van der Waals surface area contributed by atoms with Gasteiger partial charge in [-0.05, 0) is 23.8 Å². The monoisotopic (exact) mass is 519 g/mol. The Morgan fingerprint density at radius 3 is 1.90 bits per heavy atom. The Kier molecular flexibility index (Phi) is 9.87. The maximum atomic E-state index is 13.5. The van der Waals surface area contributed by atoms with E-state index in [-0.39, 0.29) is 11.5 Å². The van der Waals surface area contributed by atoms with Crippen molar-refractivity contribution < 1.29 is 34.1 Å². The average Bonchev–Trinajstić information content (AvgIpc) is 2.76. The molecule has 1 amide bonds. The Hall–Kier alpha value is -1.35. The van der Waals surface area contributed by atoms with Gasteiger partial charge in [0.05, 0.1) is 98.0 Å². The Labute approximate surface area is 190 Å². The van der Waals surface area contributed by atoms with Crippen LogP contribution < -0.4 is 10.1 Å². The van der Waals surface area contributed by atoms with E-state index in [0.29, 0.717) is 5.56 Å². The van der Waals surface area contributed by atoms with E-state index in [9.17, 15) is 29.3 Å². The molecular weight excluding hydrogens is 510 g/mol. The van der Waals surface area contributed by atoms with Crippen molar-refractivity contribution in [2.45, 2.75) is 24.5 Å². The van der Waals surface area contributed by atoms with E-state index in [1.54, 1.807) is 0 Å². The lowest BCUT2D eigenvalue weighted by Gasteiger charge is -2.17. The number of nitrogens with one attached hydrogen (secondary N) is 1. The molecule has 2 aromatic carbocycles. The highest BCUT2D eigenvalue weighted by Crippen LogP contribution is 2.54. The van der Waals surface area contributed by atoms with Gasteiger partial charge < -0.3 is 15.2 Å². The second-order valence-corrected chi connectivity index (χ2v) is 7.97. The van der Waals surface area contributed by atoms with Crippen molar-refractivity contribution in [2.75, 3.05) is 12.4 Å². The second-order valence-electron chi connectivity index (χ2n) is 5.16. The van der Waals surface area contributed by atoms with Crippen molar-refractivity contribution >= 4 is 78.4 Å². The number of aromatic hydroxyl groups is 1. The van der Waals surface area contributed by atoms with Crippen LogP contribution >= 0.6 is 60.7 Å². The maximum absolute atomic E-state index is 13.5. The fourth-order valence-corrected chi connectivity index (χ4v) is 5.10. The fourth-order valence-electron chi connectivity index (χ4n) is 2.25. The molecule has 0 aliphatic rings. The van der Waals surface area contributed by atoms with Crippen LogP contribution in [0.1, 0.15) is 5.56 Å². The number of phenols is 1. The first-order valence-corrected chi connectivity index (χ1v) is 11.1. The summed E-state index contributed by atoms with van der Waals surface area (Å²) in [5.74, 6) is -0.845. The van der Waals surface area contributed by atoms with Crippen molar-refractivity contribution in [3.8, 4) is 11.5 Å². The third-order valence-electron chi connectivity index (χ3n) is 3.54. The summed E-state index contributed by atoms with van der Waals surface area (Å²) in [5.41, 5.74) is -0.0878. The van der Waals surface area contributed by atoms with Gasteiger partial charge >= 0.3 is 0 Å². The summed E-state index contributed by atoms with van der Waals surface area (Å²) >= 11 is -2.79. The Bertz CT molecular complexity index is 930. The number of methoxy groups -OCH3 is 1. The van der Waals surface area contributed by atoms with Gasteiger partial charge in [-0.25, -0.2) is 0 Å². The standard InChI is InChI=1S/C16H10F5NO3S5/c1-25-9-6-7(2-4-8(9)23)3-5-10(24)22-11-12(26-17)14(28-19)16(30-21)15(29-20)13(11)27-18/h2-6,23H,1H3,(H,22,24). The van der Waals surface area contributed by atoms with E-state index in [1.165, 1.54) is 31.4 Å². The molecule has 162 valence electrons. The van der Waals surface area contributed by atoms with Crippen LogP contribution in [0, 0.1) is 0 Å². The Morgan fingerprint density at radius 1 is 0.933 bits per heavy atom. The summed E-state index contributed by atoms with van der Waals surface area (Å²) in [5, 5.41) is 11.7. The van der Waals surface area contributed by atoms with Crippen LogP contribution in [0.3, 0.4) is 0 Å². The number of halogens is 5. The van der Waals surface area contributed by atoms with Crippen LogP contribution in [0.5, 0.6) is 11.5 Å². The third kappa shape index (κ3) is 5.46. The third-order valence-corrected chi connectivity index (χ3v) is 6.87. The van der Waals surface area contributed by atoms with Crippen molar-refractivity contribution in [2.24, 2.45) is 0 Å². The van der Waals surface area contributed by atoms with E-state index >= 15 is 0 Å². The minimum absolute atomic E-state index is 0.119. The highest BCUT2D eigenvalue weighted by atomic mass is 32.2. The van der Waals surface area contributed by atoms with E-state index in [4.69, 9.17) is 4.74 Å². The molecule has 14 heteroatoms. The van der Waals surface area contributed by atoms with Gasteiger partial charge in [0.25, 0.3) is 0 Å². The molecule has 30 heavy (non-hydrogen) atoms. The summed E-state index contributed by atoms with van der Waals surface area (Å²) in [6.45, 7) is 0. The number of ether oxygens (including phenoxy) is 1. The quantitative estimate of drug-likeness (QED) is 0.256. The molecule has 0 saturated heterocycles. The van der Waals surface area contributed by atoms with Crippen molar-refractivity contribution in [1.82, 2.24) is 0 Å². The van der Waals surface area contributed by atoms with Crippen LogP contribution in [-0.4, -0.2) is 18.1 Å². The molecule has 0 heterocycles. The lowest BCUT2D eigenvalue weighted by Crippen LogP contribution is -2.11. The second kappa shape index (κ2) is 11.9. The van der Waals surface area contributed by atoms with Gasteiger partial charge in [0, 0.05) is 6.08 Å². The summed E-state index contributed by atoms with van der Waals surface area (Å²) in [7, 11) is 1.34. The van der Waals surface area contributed by atoms with Gasteiger partial charge in [-0.3, -0.25) is 4.79 Å². The van der Waals surface area contributed by atoms with Crippen molar-refractivity contribution in [3.05, 3.63) is 29.8 Å². The minimum Gasteiger partial charge on any atom is -0.504 e. The number of phenolic OH excluding ortho intramolecular Hbond substituents is 1. The summed E-state index contributed by atoms with van der Waals surface area (Å²) in [6, 6.07) is 4.22. The zero-order chi connectivity index (χ0) is 22.3. The molecule has 0 bridgehead atoms. The number of carbonyl (C=O) groups excluding carboxylic acids is 1. The van der Waals surface area contributed by atoms with Gasteiger partial charge in [0.2, 0.25) is 5.91 Å². The lowest BCUT2D eigenvalue weighted by molar-refractivity contribution is -0.111. The lowest BCUT2D eigenvalue weighted by atomic mass is 10.2. The molecule has 0 aliphatic heterocycles. The van der Waals surface area contributed by atoms with Crippen LogP contribution in [0.15, 0.2) is 48.8 Å². The molecular formula is C16H10F5NO3S5. The van der Waals surface area contributed by atoms with Crippen LogP contribution in [-0.2, 0) is 4.79 Å². The van der Waals surface area contributed by atoms with Crippen molar-refractivity contribution in [1.29, 1.82) is 0 Å². The zero-order valence-electron chi connectivity index (χ0n) is 14.6. The molecule has 4 nitrogen and oxygen atoms in total. The molecule has 0 aromatic heterocycles. The van der Waals surface area contributed by atoms with Crippen LogP contribution in [0.25, 0.3) is 6.08 Å². The molecule has 0 aliphatic carbocycles. The molecule has 2 aromatic rings. The molecule has 2 rings (SSSR count). The Balaban J connectivity index is 2.44. The molecule has 0 fully saturated rings. The van der Waals surface area contributed by atoms with E-state index < -0.39 is 96.8 Å². The molecule has 0 unspecified atom stereocenters. The normalized spacial score (nSPS) is 11.1. The fraction of sp³-hybridized carbons (Fsp3) is 0.0625. The Morgan fingerprint density at radius 2 is 1.43 bits per heavy atom. The highest BCUT2D eigenvalue weighted by molar-refractivity contribution is 8.00. The highest BCUT2D eigenvalue weighted by Gasteiger charge is 2.28. The first-order valence-electron chi connectivity index (χ1n) is 7.48. The summed E-state index contributed by atoms with van der Waals surface area (Å²) in [6.07, 6.45) is 2.30. The van der Waals surface area contributed by atoms with Gasteiger partial charge in [0.1, 0.15) is 0 Å². The summed E-state index contributed by atoms with van der Waals surface area (Å²) in [4.78, 5) is 9.17. The van der Waals surface area contributed by atoms with E-state index in [2.05, 4.69) is 5.32 Å². The first kappa shape index (κ1) is 24.9. The number of carbonyl (C=O) groups is 1. The average molecular weight is 520 g/mol. The van der Waals surface area contributed by atoms with Gasteiger partial charge in [-0.2, -0.15) is 19.4 Å². The molecule has 0 radical (unpaired) electrons. The molecule has 0 atom stereocenters. The van der Waals surface area contributed by atoms with Crippen molar-refractivity contribution in [3.63, 3.8) is 0 Å². The number of rotatable bonds is 9. The maximum Gasteiger partial charge on any atom is 0.248 e. The van der Waals surface area contributed by atoms with E-state index in [1.807, 2.05) is 0 Å². The smallest absolute Gasteiger partial charge is 0.248 e. The topological polar surface area (TPSA) is 58.6 Å². The number of amides is 1. The zero-order valence-corrected chi connectivity index (χ0v) is 18.7. The number of hydrogen-bond acceptors (Lipinski definition) is 8. The van der Waals surface area contributed by atoms with Crippen LogP contribution in [0.4, 0.5) is 25.1 Å². The number of benzene rings is 2. The van der Waals surface area contributed by atoms with E-state index in [0.717, 1.165) is 6.08 Å². The molecule has 0 saturated carbocycles. The number of hydrogen-bond donors (Lipinski definition) is 2. The van der Waals surface area contributed by atoms with Gasteiger partial charge in [-0.15, -0.1) is 0 Å². The SMILES string of the molecule is COc1cc(C=CC(=O)Nc2c(SF)c(SF)c(SF)c(SF)c2SF)ccc1O. The molecule has 2 N–H and O–H groups in total. The molecule has 0 spiro atoms. The largest absolute Gasteiger partial charge is 0.504 e.